The maximum absolute atomic E-state index is 12.4. The molecule has 0 amide bonds. The summed E-state index contributed by atoms with van der Waals surface area (Å²) in [5.74, 6) is -1.02. The molecule has 0 aliphatic rings. The van der Waals surface area contributed by atoms with E-state index in [-0.39, 0.29) is 12.8 Å². The molecule has 3 unspecified atom stereocenters. The second-order valence-electron chi connectivity index (χ2n) is 16.5. The Bertz CT molecular complexity index is 1040. The number of hydrogen-bond acceptors (Lipinski definition) is 9. The fourth-order valence-electron chi connectivity index (χ4n) is 6.91. The third-order valence-electron chi connectivity index (χ3n) is 10.7. The third kappa shape index (κ3) is 42.9. The summed E-state index contributed by atoms with van der Waals surface area (Å²) >= 11 is 0. The Morgan fingerprint density at radius 2 is 0.746 bits per heavy atom. The minimum Gasteiger partial charge on any atom is -0.457 e. The highest BCUT2D eigenvalue weighted by Gasteiger charge is 2.27. The second-order valence-corrected chi connectivity index (χ2v) is 17.9. The lowest BCUT2D eigenvalue weighted by Crippen LogP contribution is -2.28. The molecule has 11 heteroatoms. The van der Waals surface area contributed by atoms with Crippen molar-refractivity contribution < 1.29 is 47.8 Å². The summed E-state index contributed by atoms with van der Waals surface area (Å²) in [6, 6.07) is 0. The third-order valence-corrected chi connectivity index (χ3v) is 11.6. The van der Waals surface area contributed by atoms with Gasteiger partial charge in [-0.05, 0) is 44.9 Å². The van der Waals surface area contributed by atoms with Gasteiger partial charge in [-0.1, -0.05) is 199 Å². The van der Waals surface area contributed by atoms with Gasteiger partial charge in [0.2, 0.25) is 0 Å². The maximum Gasteiger partial charge on any atom is 0.472 e. The number of aliphatic hydroxyl groups excluding tert-OH is 2. The fraction of sp³-hybridized carbons (Fsp3) is 0.875. The molecule has 3 atom stereocenters. The van der Waals surface area contributed by atoms with Crippen molar-refractivity contribution in [2.75, 3.05) is 26.4 Å². The summed E-state index contributed by atoms with van der Waals surface area (Å²) in [6.07, 6.45) is 45.8. The van der Waals surface area contributed by atoms with Crippen LogP contribution in [-0.2, 0) is 32.7 Å². The van der Waals surface area contributed by atoms with Gasteiger partial charge in [-0.15, -0.1) is 0 Å². The van der Waals surface area contributed by atoms with Gasteiger partial charge in [0.1, 0.15) is 12.2 Å². The molecule has 0 saturated heterocycles. The summed E-state index contributed by atoms with van der Waals surface area (Å²) in [7, 11) is -4.64. The molecule has 0 fully saturated rings. The zero-order chi connectivity index (χ0) is 43.3. The monoisotopic (exact) mass is 859 g/mol. The van der Waals surface area contributed by atoms with E-state index in [4.69, 9.17) is 18.5 Å². The SMILES string of the molecule is CCCCC/C=C\C/C=C\CCCCCCCC(=O)OC(CO)COP(=O)(O)OCC(CO)OC(=O)CCCCCCCCCCCCCCCCCCCCCCC. The number of phosphoric acid groups is 1. The molecule has 0 radical (unpaired) electrons. The number of unbranched alkanes of at least 4 members (excludes halogenated alkanes) is 28. The maximum atomic E-state index is 12.4. The summed E-state index contributed by atoms with van der Waals surface area (Å²) in [5.41, 5.74) is 0. The molecule has 0 aromatic carbocycles. The molecule has 0 bridgehead atoms. The van der Waals surface area contributed by atoms with Crippen molar-refractivity contribution in [1.82, 2.24) is 0 Å². The fourth-order valence-corrected chi connectivity index (χ4v) is 7.70. The summed E-state index contributed by atoms with van der Waals surface area (Å²) in [6.45, 7) is 2.20. The number of phosphoric ester groups is 1. The predicted octanol–water partition coefficient (Wildman–Crippen LogP) is 13.3. The van der Waals surface area contributed by atoms with Crippen LogP contribution in [0.4, 0.5) is 0 Å². The van der Waals surface area contributed by atoms with Crippen LogP contribution in [0.15, 0.2) is 24.3 Å². The molecule has 0 heterocycles. The van der Waals surface area contributed by atoms with Gasteiger partial charge in [-0.3, -0.25) is 18.6 Å². The molecule has 348 valence electrons. The first-order valence-corrected chi connectivity index (χ1v) is 25.8. The van der Waals surface area contributed by atoms with Crippen LogP contribution in [0.25, 0.3) is 0 Å². The molecule has 3 N–H and O–H groups in total. The van der Waals surface area contributed by atoms with Crippen LogP contribution in [-0.4, -0.2) is 65.7 Å². The number of ether oxygens (including phenoxy) is 2. The van der Waals surface area contributed by atoms with Gasteiger partial charge in [-0.2, -0.15) is 0 Å². The average Bonchev–Trinajstić information content (AvgIpc) is 3.22. The Morgan fingerprint density at radius 3 is 1.08 bits per heavy atom. The van der Waals surface area contributed by atoms with Crippen molar-refractivity contribution in [3.8, 4) is 0 Å². The van der Waals surface area contributed by atoms with Gasteiger partial charge in [0.05, 0.1) is 26.4 Å². The lowest BCUT2D eigenvalue weighted by atomic mass is 10.0. The Hall–Kier alpha value is -1.55. The minimum absolute atomic E-state index is 0.178. The molecule has 0 aliphatic carbocycles. The molecule has 59 heavy (non-hydrogen) atoms. The van der Waals surface area contributed by atoms with Gasteiger partial charge in [0.15, 0.2) is 0 Å². The zero-order valence-corrected chi connectivity index (χ0v) is 38.9. The van der Waals surface area contributed by atoms with Crippen molar-refractivity contribution in [2.45, 2.75) is 244 Å². The number of esters is 2. The highest BCUT2D eigenvalue weighted by Crippen LogP contribution is 2.43. The van der Waals surface area contributed by atoms with Crippen LogP contribution in [0.2, 0.25) is 0 Å². The van der Waals surface area contributed by atoms with E-state index in [0.717, 1.165) is 64.2 Å². The van der Waals surface area contributed by atoms with Crippen molar-refractivity contribution in [3.63, 3.8) is 0 Å². The Morgan fingerprint density at radius 1 is 0.458 bits per heavy atom. The summed E-state index contributed by atoms with van der Waals surface area (Å²) < 4.78 is 32.6. The Labute approximate surface area is 361 Å². The zero-order valence-electron chi connectivity index (χ0n) is 38.0. The number of carbonyl (C=O) groups is 2. The lowest BCUT2D eigenvalue weighted by molar-refractivity contribution is -0.153. The highest BCUT2D eigenvalue weighted by molar-refractivity contribution is 7.47. The van der Waals surface area contributed by atoms with E-state index < -0.39 is 58.4 Å². The minimum atomic E-state index is -4.64. The number of allylic oxidation sites excluding steroid dienone is 4. The van der Waals surface area contributed by atoms with E-state index in [1.165, 1.54) is 128 Å². The van der Waals surface area contributed by atoms with Gasteiger partial charge in [0.25, 0.3) is 0 Å². The van der Waals surface area contributed by atoms with Crippen LogP contribution in [0.3, 0.4) is 0 Å². The normalized spacial score (nSPS) is 13.9. The van der Waals surface area contributed by atoms with Crippen LogP contribution in [0.1, 0.15) is 232 Å². The van der Waals surface area contributed by atoms with Crippen molar-refractivity contribution >= 4 is 19.8 Å². The average molecular weight is 859 g/mol. The van der Waals surface area contributed by atoms with Gasteiger partial charge >= 0.3 is 19.8 Å². The van der Waals surface area contributed by atoms with Crippen LogP contribution in [0, 0.1) is 0 Å². The quantitative estimate of drug-likeness (QED) is 0.0234. The van der Waals surface area contributed by atoms with Crippen LogP contribution < -0.4 is 0 Å². The smallest absolute Gasteiger partial charge is 0.457 e. The lowest BCUT2D eigenvalue weighted by Gasteiger charge is -2.20. The number of rotatable bonds is 46. The molecule has 0 aromatic heterocycles. The molecule has 0 aliphatic heterocycles. The van der Waals surface area contributed by atoms with E-state index in [9.17, 15) is 29.3 Å². The summed E-state index contributed by atoms with van der Waals surface area (Å²) in [4.78, 5) is 34.6. The molecular weight excluding hydrogens is 767 g/mol. The van der Waals surface area contributed by atoms with E-state index in [2.05, 4.69) is 38.2 Å². The summed E-state index contributed by atoms with van der Waals surface area (Å²) in [5, 5.41) is 19.2. The topological polar surface area (TPSA) is 149 Å². The van der Waals surface area contributed by atoms with Crippen LogP contribution in [0.5, 0.6) is 0 Å². The van der Waals surface area contributed by atoms with E-state index in [1.807, 2.05) is 0 Å². The Balaban J connectivity index is 3.84. The molecule has 0 rings (SSSR count). The van der Waals surface area contributed by atoms with E-state index in [1.54, 1.807) is 0 Å². The number of hydrogen-bond donors (Lipinski definition) is 3. The van der Waals surface area contributed by atoms with Crippen LogP contribution >= 0.6 is 7.82 Å². The standard InChI is InChI=1S/C48H91O10P/c1-3-5-7-9-11-13-15-17-19-20-21-22-23-24-26-28-30-32-34-36-38-40-48(52)58-46(42-50)44-56-59(53,54)55-43-45(41-49)57-47(51)39-37-35-33-31-29-27-25-18-16-14-12-10-8-6-4-2/h12,14,18,25,45-46,49-50H,3-11,13,15-17,19-24,26-44H2,1-2H3,(H,53,54)/b14-12-,25-18-. The van der Waals surface area contributed by atoms with Crippen molar-refractivity contribution in [1.29, 1.82) is 0 Å². The molecule has 0 aromatic rings. The first-order chi connectivity index (χ1) is 28.8. The molecular formula is C48H91O10P. The van der Waals surface area contributed by atoms with Crippen molar-refractivity contribution in [3.05, 3.63) is 24.3 Å². The largest absolute Gasteiger partial charge is 0.472 e. The molecule has 10 nitrogen and oxygen atoms in total. The highest BCUT2D eigenvalue weighted by atomic mass is 31.2. The number of aliphatic hydroxyl groups is 2. The van der Waals surface area contributed by atoms with Gasteiger partial charge < -0.3 is 24.6 Å². The van der Waals surface area contributed by atoms with E-state index in [0.29, 0.717) is 12.8 Å². The second kappa shape index (κ2) is 44.5. The van der Waals surface area contributed by atoms with Gasteiger partial charge in [0, 0.05) is 12.8 Å². The number of carbonyl (C=O) groups excluding carboxylic acids is 2. The van der Waals surface area contributed by atoms with E-state index >= 15 is 0 Å². The first kappa shape index (κ1) is 57.4. The predicted molar refractivity (Wildman–Crippen MR) is 242 cm³/mol. The van der Waals surface area contributed by atoms with Crippen molar-refractivity contribution in [2.24, 2.45) is 0 Å². The van der Waals surface area contributed by atoms with Gasteiger partial charge in [-0.25, -0.2) is 4.57 Å². The Kier molecular flexibility index (Phi) is 43.3. The molecule has 0 spiro atoms. The first-order valence-electron chi connectivity index (χ1n) is 24.3. The molecule has 0 saturated carbocycles.